The molecule has 0 bridgehead atoms. The van der Waals surface area contributed by atoms with Gasteiger partial charge in [0.05, 0.1) is 17.2 Å². The number of nitrogens with zero attached hydrogens (tertiary/aromatic N) is 2. The number of thioether (sulfide) groups is 1. The smallest absolute Gasteiger partial charge is 0.264 e. The van der Waals surface area contributed by atoms with Crippen molar-refractivity contribution < 1.29 is 22.7 Å². The van der Waals surface area contributed by atoms with Crippen molar-refractivity contribution in [3.8, 4) is 5.75 Å². The summed E-state index contributed by atoms with van der Waals surface area (Å²) in [4.78, 5) is 30.1. The van der Waals surface area contributed by atoms with Gasteiger partial charge in [-0.05, 0) is 87.0 Å². The average molecular weight is 681 g/mol. The number of anilines is 1. The lowest BCUT2D eigenvalue weighted by Crippen LogP contribution is -2.53. The fourth-order valence-electron chi connectivity index (χ4n) is 4.52. The van der Waals surface area contributed by atoms with Crippen molar-refractivity contribution in [2.75, 3.05) is 23.7 Å². The van der Waals surface area contributed by atoms with Gasteiger partial charge in [0.2, 0.25) is 11.8 Å². The number of ether oxygens (including phenoxy) is 1. The highest BCUT2D eigenvalue weighted by Crippen LogP contribution is 2.33. The second-order valence-electron chi connectivity index (χ2n) is 10.1. The Morgan fingerprint density at radius 3 is 2.25 bits per heavy atom. The van der Waals surface area contributed by atoms with Crippen LogP contribution in [-0.4, -0.2) is 56.6 Å². The van der Waals surface area contributed by atoms with Crippen molar-refractivity contribution in [1.29, 1.82) is 0 Å². The van der Waals surface area contributed by atoms with Crippen molar-refractivity contribution in [2.45, 2.75) is 69.0 Å². The van der Waals surface area contributed by atoms with Crippen LogP contribution in [0.1, 0.15) is 46.1 Å². The highest BCUT2D eigenvalue weighted by atomic mass is 35.5. The highest BCUT2D eigenvalue weighted by Gasteiger charge is 2.35. The third-order valence-corrected chi connectivity index (χ3v) is 10.2. The summed E-state index contributed by atoms with van der Waals surface area (Å²) in [6, 6.07) is 17.0. The predicted molar refractivity (Wildman–Crippen MR) is 179 cm³/mol. The summed E-state index contributed by atoms with van der Waals surface area (Å²) in [6.45, 7) is 7.09. The fraction of sp³-hybridized carbons (Fsp3) is 0.375. The number of para-hydroxylation sites is 2. The zero-order valence-corrected chi connectivity index (χ0v) is 28.7. The molecular weight excluding hydrogens is 641 g/mol. The number of carbonyl (C=O) groups is 2. The van der Waals surface area contributed by atoms with E-state index in [0.29, 0.717) is 27.8 Å². The molecule has 0 unspecified atom stereocenters. The van der Waals surface area contributed by atoms with E-state index in [-0.39, 0.29) is 42.1 Å². The monoisotopic (exact) mass is 679 g/mol. The van der Waals surface area contributed by atoms with Crippen molar-refractivity contribution in [2.24, 2.45) is 0 Å². The van der Waals surface area contributed by atoms with Gasteiger partial charge in [0.1, 0.15) is 18.3 Å². The first-order chi connectivity index (χ1) is 21.0. The molecule has 238 valence electrons. The molecule has 0 fully saturated rings. The van der Waals surface area contributed by atoms with Crippen molar-refractivity contribution in [1.82, 2.24) is 10.2 Å². The number of hydrogen-bond acceptors (Lipinski definition) is 6. The Morgan fingerprint density at radius 1 is 0.977 bits per heavy atom. The molecule has 8 nitrogen and oxygen atoms in total. The summed E-state index contributed by atoms with van der Waals surface area (Å²) in [7, 11) is -4.26. The van der Waals surface area contributed by atoms with Crippen LogP contribution in [0.25, 0.3) is 0 Å². The maximum Gasteiger partial charge on any atom is 0.264 e. The van der Waals surface area contributed by atoms with E-state index in [1.807, 2.05) is 20.1 Å². The van der Waals surface area contributed by atoms with Gasteiger partial charge in [0.15, 0.2) is 0 Å². The third-order valence-electron chi connectivity index (χ3n) is 7.10. The molecule has 44 heavy (non-hydrogen) atoms. The summed E-state index contributed by atoms with van der Waals surface area (Å²) in [5.41, 5.74) is 0.772. The zero-order valence-electron chi connectivity index (χ0n) is 25.5. The first kappa shape index (κ1) is 35.6. The number of benzene rings is 3. The minimum atomic E-state index is -4.26. The van der Waals surface area contributed by atoms with Crippen molar-refractivity contribution >= 4 is 62.5 Å². The van der Waals surface area contributed by atoms with Crippen LogP contribution in [0.3, 0.4) is 0 Å². The molecule has 1 N–H and O–H groups in total. The molecular formula is C32H39Cl2N3O5S2. The summed E-state index contributed by atoms with van der Waals surface area (Å²) < 4.78 is 35.3. The number of carbonyl (C=O) groups excluding carboxylic acids is 2. The molecule has 0 spiro atoms. The second kappa shape index (κ2) is 16.4. The Labute approximate surface area is 275 Å². The summed E-state index contributed by atoms with van der Waals surface area (Å²) >= 11 is 14.1. The lowest BCUT2D eigenvalue weighted by Gasteiger charge is -2.34. The predicted octanol–water partition coefficient (Wildman–Crippen LogP) is 7.03. The Morgan fingerprint density at radius 2 is 1.66 bits per heavy atom. The summed E-state index contributed by atoms with van der Waals surface area (Å²) in [5, 5.41) is 3.72. The molecule has 0 saturated heterocycles. The summed E-state index contributed by atoms with van der Waals surface area (Å²) in [6.07, 6.45) is 2.89. The standard InChI is InChI=1S/C32H39Cl2N3O5S2/c1-6-22(4)35-32(39)28(7-2)36(20-23-13-14-24(33)19-27(23)34)31(38)21-37(29-11-9-10-12-30(29)42-8-3)44(40,41)26-17-15-25(43-5)16-18-26/h9-19,22,28H,6-8,20-21H2,1-5H3,(H,35,39)/t22-,28+/m1/s1. The fourth-order valence-corrected chi connectivity index (χ4v) is 6.82. The van der Waals surface area contributed by atoms with E-state index in [4.69, 9.17) is 27.9 Å². The molecule has 2 amide bonds. The SMILES string of the molecule is CCOc1ccccc1N(CC(=O)N(Cc1ccc(Cl)cc1Cl)[C@@H](CC)C(=O)N[C@H](C)CC)S(=O)(=O)c1ccc(SC)cc1. The van der Waals surface area contributed by atoms with Crippen LogP contribution in [0.5, 0.6) is 5.75 Å². The maximum absolute atomic E-state index is 14.3. The van der Waals surface area contributed by atoms with Gasteiger partial charge in [0.25, 0.3) is 10.0 Å². The second-order valence-corrected chi connectivity index (χ2v) is 13.7. The summed E-state index contributed by atoms with van der Waals surface area (Å²) in [5.74, 6) is -0.615. The van der Waals surface area contributed by atoms with Crippen LogP contribution in [0.2, 0.25) is 10.0 Å². The number of amides is 2. The minimum absolute atomic E-state index is 0.0169. The number of rotatable bonds is 15. The number of hydrogen-bond donors (Lipinski definition) is 1. The highest BCUT2D eigenvalue weighted by molar-refractivity contribution is 7.98. The molecule has 3 aromatic rings. The molecule has 2 atom stereocenters. The number of halogens is 2. The van der Waals surface area contributed by atoms with Gasteiger partial charge in [-0.25, -0.2) is 8.42 Å². The number of sulfonamides is 1. The van der Waals surface area contributed by atoms with E-state index in [0.717, 1.165) is 9.20 Å². The number of nitrogens with one attached hydrogen (secondary N) is 1. The zero-order chi connectivity index (χ0) is 32.4. The topological polar surface area (TPSA) is 96.0 Å². The van der Waals surface area contributed by atoms with E-state index >= 15 is 0 Å². The van der Waals surface area contributed by atoms with Gasteiger partial charge in [-0.1, -0.05) is 55.2 Å². The van der Waals surface area contributed by atoms with Crippen molar-refractivity contribution in [3.63, 3.8) is 0 Å². The molecule has 0 saturated carbocycles. The molecule has 0 aromatic heterocycles. The van der Waals surface area contributed by atoms with Crippen LogP contribution in [0, 0.1) is 0 Å². The van der Waals surface area contributed by atoms with E-state index in [1.54, 1.807) is 68.4 Å². The van der Waals surface area contributed by atoms with Gasteiger partial charge in [-0.15, -0.1) is 11.8 Å². The Balaban J connectivity index is 2.14. The minimum Gasteiger partial charge on any atom is -0.492 e. The van der Waals surface area contributed by atoms with Gasteiger partial charge >= 0.3 is 0 Å². The molecule has 0 heterocycles. The first-order valence-electron chi connectivity index (χ1n) is 14.4. The van der Waals surface area contributed by atoms with Crippen LogP contribution in [0.15, 0.2) is 76.5 Å². The molecule has 3 rings (SSSR count). The van der Waals surface area contributed by atoms with E-state index in [1.165, 1.54) is 28.8 Å². The van der Waals surface area contributed by atoms with Gasteiger partial charge in [-0.3, -0.25) is 13.9 Å². The molecule has 0 radical (unpaired) electrons. The van der Waals surface area contributed by atoms with Crippen molar-refractivity contribution in [3.05, 3.63) is 82.3 Å². The Hall–Kier alpha value is -2.92. The molecule has 0 aliphatic carbocycles. The van der Waals surface area contributed by atoms with Crippen LogP contribution in [0.4, 0.5) is 5.69 Å². The van der Waals surface area contributed by atoms with Gasteiger partial charge in [-0.2, -0.15) is 0 Å². The molecule has 3 aromatic carbocycles. The Kier molecular flexibility index (Phi) is 13.3. The van der Waals surface area contributed by atoms with Crippen LogP contribution in [-0.2, 0) is 26.2 Å². The molecule has 0 aliphatic rings. The molecule has 12 heteroatoms. The lowest BCUT2D eigenvalue weighted by molar-refractivity contribution is -0.140. The van der Waals surface area contributed by atoms with E-state index in [9.17, 15) is 18.0 Å². The maximum atomic E-state index is 14.3. The first-order valence-corrected chi connectivity index (χ1v) is 17.8. The van der Waals surface area contributed by atoms with E-state index in [2.05, 4.69) is 5.32 Å². The average Bonchev–Trinajstić information content (AvgIpc) is 3.01. The van der Waals surface area contributed by atoms with Gasteiger partial charge < -0.3 is 15.0 Å². The third kappa shape index (κ3) is 8.84. The lowest BCUT2D eigenvalue weighted by atomic mass is 10.1. The molecule has 0 aliphatic heterocycles. The normalized spacial score (nSPS) is 12.7. The largest absolute Gasteiger partial charge is 0.492 e. The quantitative estimate of drug-likeness (QED) is 0.173. The van der Waals surface area contributed by atoms with Crippen LogP contribution < -0.4 is 14.4 Å². The van der Waals surface area contributed by atoms with E-state index < -0.39 is 28.5 Å². The van der Waals surface area contributed by atoms with Gasteiger partial charge in [0, 0.05) is 27.5 Å². The van der Waals surface area contributed by atoms with Crippen LogP contribution >= 0.6 is 35.0 Å². The Bertz CT molecular complexity index is 1540.